The zero-order valence-corrected chi connectivity index (χ0v) is 15.0. The Balaban J connectivity index is 1.46. The van der Waals surface area contributed by atoms with Crippen molar-refractivity contribution >= 4 is 22.6 Å². The largest absolute Gasteiger partial charge is 0.348 e. The highest BCUT2D eigenvalue weighted by Crippen LogP contribution is 2.43. The number of nitrogens with one attached hydrogen (secondary N) is 2. The maximum absolute atomic E-state index is 14.4. The molecule has 0 bridgehead atoms. The fourth-order valence-corrected chi connectivity index (χ4v) is 3.40. The predicted molar refractivity (Wildman–Crippen MR) is 98.9 cm³/mol. The lowest BCUT2D eigenvalue weighted by molar-refractivity contribution is -0.00831. The van der Waals surface area contributed by atoms with E-state index in [9.17, 15) is 13.2 Å². The Hall–Kier alpha value is -3.10. The second-order valence-corrected chi connectivity index (χ2v) is 7.24. The molecule has 4 heterocycles. The van der Waals surface area contributed by atoms with Crippen LogP contribution in [0.25, 0.3) is 27.8 Å². The van der Waals surface area contributed by atoms with E-state index in [1.807, 2.05) is 0 Å². The van der Waals surface area contributed by atoms with E-state index in [1.54, 1.807) is 36.1 Å². The quantitative estimate of drug-likeness (QED) is 0.540. The van der Waals surface area contributed by atoms with Crippen LogP contribution in [0.5, 0.6) is 0 Å². The summed E-state index contributed by atoms with van der Waals surface area (Å²) in [5.74, 6) is -3.60. The number of hydrogen-bond donors (Lipinski definition) is 2. The summed E-state index contributed by atoms with van der Waals surface area (Å²) >= 11 is 0. The first-order valence-electron chi connectivity index (χ1n) is 9.02. The smallest absolute Gasteiger partial charge is 0.267 e. The van der Waals surface area contributed by atoms with Gasteiger partial charge in [0.05, 0.1) is 12.2 Å². The summed E-state index contributed by atoms with van der Waals surface area (Å²) in [6.07, 6.45) is 7.90. The van der Waals surface area contributed by atoms with Gasteiger partial charge in [-0.3, -0.25) is 0 Å². The SMILES string of the molecule is Cc1cn2cc(-c3c[nH]c4nc(NCC(F)(F)C5CC5)ncc34)cc(F)c2n1. The monoisotopic (exact) mass is 386 g/mol. The van der Waals surface area contributed by atoms with Gasteiger partial charge in [0, 0.05) is 47.2 Å². The van der Waals surface area contributed by atoms with E-state index < -0.39 is 24.2 Å². The number of anilines is 1. The molecule has 1 aliphatic rings. The Kier molecular flexibility index (Phi) is 3.62. The van der Waals surface area contributed by atoms with Crippen LogP contribution in [-0.2, 0) is 0 Å². The van der Waals surface area contributed by atoms with Crippen LogP contribution in [-0.4, -0.2) is 36.8 Å². The second-order valence-electron chi connectivity index (χ2n) is 7.24. The number of hydrogen-bond acceptors (Lipinski definition) is 4. The van der Waals surface area contributed by atoms with Crippen molar-refractivity contribution in [1.82, 2.24) is 24.3 Å². The van der Waals surface area contributed by atoms with Crippen molar-refractivity contribution in [2.24, 2.45) is 5.92 Å². The van der Waals surface area contributed by atoms with Gasteiger partial charge in [0.2, 0.25) is 5.95 Å². The zero-order chi connectivity index (χ0) is 19.5. The molecule has 0 atom stereocenters. The normalized spacial score (nSPS) is 14.9. The van der Waals surface area contributed by atoms with E-state index in [1.165, 1.54) is 6.07 Å². The molecule has 4 aromatic rings. The summed E-state index contributed by atoms with van der Waals surface area (Å²) in [5.41, 5.74) is 2.83. The van der Waals surface area contributed by atoms with Gasteiger partial charge in [-0.05, 0) is 25.8 Å². The number of aryl methyl sites for hydroxylation is 1. The highest BCUT2D eigenvalue weighted by atomic mass is 19.3. The van der Waals surface area contributed by atoms with Crippen LogP contribution in [0, 0.1) is 18.7 Å². The number of fused-ring (bicyclic) bond motifs is 2. The number of H-pyrrole nitrogens is 1. The molecule has 0 radical (unpaired) electrons. The predicted octanol–water partition coefficient (Wildman–Crippen LogP) is 4.18. The van der Waals surface area contributed by atoms with Crippen molar-refractivity contribution in [1.29, 1.82) is 0 Å². The third-order valence-corrected chi connectivity index (χ3v) is 5.03. The molecule has 0 amide bonds. The molecule has 0 spiro atoms. The molecule has 1 saturated carbocycles. The lowest BCUT2D eigenvalue weighted by Crippen LogP contribution is -2.29. The fraction of sp³-hybridized carbons (Fsp3) is 0.316. The fourth-order valence-electron chi connectivity index (χ4n) is 3.40. The Morgan fingerprint density at radius 3 is 2.89 bits per heavy atom. The minimum absolute atomic E-state index is 0.132. The summed E-state index contributed by atoms with van der Waals surface area (Å²) in [6.45, 7) is 1.31. The lowest BCUT2D eigenvalue weighted by atomic mass is 10.1. The van der Waals surface area contributed by atoms with E-state index >= 15 is 0 Å². The van der Waals surface area contributed by atoms with Crippen LogP contribution in [0.15, 0.2) is 30.9 Å². The number of halogens is 3. The van der Waals surface area contributed by atoms with E-state index in [2.05, 4.69) is 25.3 Å². The zero-order valence-electron chi connectivity index (χ0n) is 15.0. The van der Waals surface area contributed by atoms with Crippen molar-refractivity contribution in [2.75, 3.05) is 11.9 Å². The minimum Gasteiger partial charge on any atom is -0.348 e. The van der Waals surface area contributed by atoms with E-state index in [0.717, 1.165) is 11.3 Å². The topological polar surface area (TPSA) is 70.9 Å². The Labute approximate surface area is 157 Å². The van der Waals surface area contributed by atoms with E-state index in [0.29, 0.717) is 29.4 Å². The van der Waals surface area contributed by atoms with Gasteiger partial charge in [0.25, 0.3) is 5.92 Å². The Morgan fingerprint density at radius 2 is 2.11 bits per heavy atom. The van der Waals surface area contributed by atoms with Gasteiger partial charge in [-0.2, -0.15) is 4.98 Å². The first-order valence-corrected chi connectivity index (χ1v) is 9.02. The van der Waals surface area contributed by atoms with E-state index in [-0.39, 0.29) is 11.6 Å². The molecule has 0 aliphatic heterocycles. The van der Waals surface area contributed by atoms with Crippen molar-refractivity contribution in [3.05, 3.63) is 42.4 Å². The standard InChI is InChI=1S/C19H17F3N6/c1-10-7-28-8-11(4-15(20)17(28)26-10)13-5-23-16-14(13)6-24-18(27-16)25-9-19(21,22)12-2-3-12/h4-8,12H,2-3,9H2,1H3,(H2,23,24,25,27). The van der Waals surface area contributed by atoms with Gasteiger partial charge in [-0.25, -0.2) is 23.1 Å². The van der Waals surface area contributed by atoms with E-state index in [4.69, 9.17) is 0 Å². The Morgan fingerprint density at radius 1 is 1.29 bits per heavy atom. The summed E-state index contributed by atoms with van der Waals surface area (Å²) in [4.78, 5) is 15.6. The molecule has 1 fully saturated rings. The average molecular weight is 386 g/mol. The summed E-state index contributed by atoms with van der Waals surface area (Å²) < 4.78 is 43.7. The van der Waals surface area contributed by atoms with Crippen molar-refractivity contribution < 1.29 is 13.2 Å². The molecule has 28 heavy (non-hydrogen) atoms. The van der Waals surface area contributed by atoms with Crippen LogP contribution in [0.3, 0.4) is 0 Å². The van der Waals surface area contributed by atoms with Crippen LogP contribution in [0.1, 0.15) is 18.5 Å². The molecule has 144 valence electrons. The van der Waals surface area contributed by atoms with Gasteiger partial charge in [0.15, 0.2) is 11.5 Å². The van der Waals surface area contributed by atoms with Gasteiger partial charge in [0.1, 0.15) is 5.65 Å². The first kappa shape index (κ1) is 17.0. The summed E-state index contributed by atoms with van der Waals surface area (Å²) in [7, 11) is 0. The van der Waals surface area contributed by atoms with Crippen LogP contribution >= 0.6 is 0 Å². The van der Waals surface area contributed by atoms with Gasteiger partial charge in [-0.15, -0.1) is 0 Å². The molecule has 9 heteroatoms. The number of nitrogens with zero attached hydrogens (tertiary/aromatic N) is 4. The number of rotatable bonds is 5. The number of alkyl halides is 2. The molecule has 0 unspecified atom stereocenters. The first-order chi connectivity index (χ1) is 13.4. The highest BCUT2D eigenvalue weighted by Gasteiger charge is 2.46. The summed E-state index contributed by atoms with van der Waals surface area (Å²) in [6, 6.07) is 1.41. The van der Waals surface area contributed by atoms with Crippen molar-refractivity contribution in [3.8, 4) is 11.1 Å². The molecule has 6 nitrogen and oxygen atoms in total. The maximum Gasteiger partial charge on any atom is 0.267 e. The molecule has 0 saturated heterocycles. The van der Waals surface area contributed by atoms with Gasteiger partial charge >= 0.3 is 0 Å². The molecule has 1 aliphatic carbocycles. The van der Waals surface area contributed by atoms with Gasteiger partial charge in [-0.1, -0.05) is 0 Å². The minimum atomic E-state index is -2.75. The van der Waals surface area contributed by atoms with Gasteiger partial charge < -0.3 is 14.7 Å². The second kappa shape index (κ2) is 5.95. The number of pyridine rings is 1. The summed E-state index contributed by atoms with van der Waals surface area (Å²) in [5, 5.41) is 3.29. The average Bonchev–Trinajstić information content (AvgIpc) is 3.34. The highest BCUT2D eigenvalue weighted by molar-refractivity contribution is 5.93. The molecule has 0 aromatic carbocycles. The van der Waals surface area contributed by atoms with Crippen LogP contribution in [0.2, 0.25) is 0 Å². The third kappa shape index (κ3) is 2.87. The number of imidazole rings is 1. The Bertz CT molecular complexity index is 1190. The van der Waals surface area contributed by atoms with Crippen molar-refractivity contribution in [2.45, 2.75) is 25.7 Å². The number of aromatic amines is 1. The maximum atomic E-state index is 14.4. The number of aromatic nitrogens is 5. The molecule has 5 rings (SSSR count). The third-order valence-electron chi connectivity index (χ3n) is 5.03. The van der Waals surface area contributed by atoms with Crippen LogP contribution < -0.4 is 5.32 Å². The molecular formula is C19H17F3N6. The molecular weight excluding hydrogens is 369 g/mol. The van der Waals surface area contributed by atoms with Crippen LogP contribution in [0.4, 0.5) is 19.1 Å². The molecule has 2 N–H and O–H groups in total. The lowest BCUT2D eigenvalue weighted by Gasteiger charge is -2.15. The van der Waals surface area contributed by atoms with Crippen molar-refractivity contribution in [3.63, 3.8) is 0 Å². The molecule has 4 aromatic heterocycles.